The first-order chi connectivity index (χ1) is 8.53. The molecule has 0 bridgehead atoms. The quantitative estimate of drug-likeness (QED) is 0.671. The normalized spacial score (nSPS) is 18.7. The lowest BCUT2D eigenvalue weighted by molar-refractivity contribution is -0.257. The Morgan fingerprint density at radius 1 is 0.895 bits per heavy atom. The highest BCUT2D eigenvalue weighted by Gasteiger charge is 2.72. The molecule has 0 unspecified atom stereocenters. The zero-order valence-electron chi connectivity index (χ0n) is 8.71. The summed E-state index contributed by atoms with van der Waals surface area (Å²) in [7, 11) is 0. The molecular weight excluding hydrogens is 285 g/mol. The predicted molar refractivity (Wildman–Crippen MR) is 45.4 cm³/mol. The van der Waals surface area contributed by atoms with E-state index < -0.39 is 58.4 Å². The molecule has 0 heterocycles. The highest BCUT2D eigenvalue weighted by molar-refractivity contribution is 5.72. The van der Waals surface area contributed by atoms with Gasteiger partial charge in [-0.15, -0.1) is 0 Å². The third-order valence-corrected chi connectivity index (χ3v) is 2.77. The van der Waals surface area contributed by atoms with Gasteiger partial charge < -0.3 is 5.11 Å². The molecule has 0 atom stereocenters. The summed E-state index contributed by atoms with van der Waals surface area (Å²) in [5.41, 5.74) is -5.26. The van der Waals surface area contributed by atoms with Crippen molar-refractivity contribution in [2.75, 3.05) is 0 Å². The van der Waals surface area contributed by atoms with E-state index in [1.54, 1.807) is 0 Å². The van der Waals surface area contributed by atoms with E-state index in [9.17, 15) is 35.5 Å². The number of halogens is 7. The summed E-state index contributed by atoms with van der Waals surface area (Å²) in [4.78, 5) is 10.4. The fourth-order valence-electron chi connectivity index (χ4n) is 1.92. The molecule has 0 fully saturated rings. The SMILES string of the molecule is O=C(O)Cc1c(F)c(F)c(F)c2c1C(F)(F)C2(F)F. The van der Waals surface area contributed by atoms with E-state index in [4.69, 9.17) is 5.11 Å². The van der Waals surface area contributed by atoms with E-state index >= 15 is 0 Å². The number of hydrogen-bond donors (Lipinski definition) is 1. The maximum absolute atomic E-state index is 13.2. The van der Waals surface area contributed by atoms with Gasteiger partial charge in [0.25, 0.3) is 0 Å². The molecule has 0 amide bonds. The topological polar surface area (TPSA) is 37.3 Å². The van der Waals surface area contributed by atoms with E-state index in [2.05, 4.69) is 0 Å². The van der Waals surface area contributed by atoms with Crippen molar-refractivity contribution < 1.29 is 40.6 Å². The molecule has 9 heteroatoms. The second kappa shape index (κ2) is 3.61. The highest BCUT2D eigenvalue weighted by Crippen LogP contribution is 2.62. The summed E-state index contributed by atoms with van der Waals surface area (Å²) in [6, 6.07) is 0. The van der Waals surface area contributed by atoms with E-state index in [0.717, 1.165) is 0 Å². The van der Waals surface area contributed by atoms with Crippen LogP contribution in [0.25, 0.3) is 0 Å². The Kier molecular flexibility index (Phi) is 2.59. The maximum Gasteiger partial charge on any atom is 0.343 e. The molecule has 1 N–H and O–H groups in total. The Bertz CT molecular complexity index is 594. The van der Waals surface area contributed by atoms with Crippen LogP contribution in [-0.4, -0.2) is 11.1 Å². The van der Waals surface area contributed by atoms with Crippen molar-refractivity contribution in [3.05, 3.63) is 34.1 Å². The number of alkyl halides is 4. The minimum absolute atomic E-state index is 1.46. The zero-order valence-corrected chi connectivity index (χ0v) is 8.71. The number of rotatable bonds is 2. The third kappa shape index (κ3) is 1.47. The molecule has 1 aliphatic carbocycles. The fourth-order valence-corrected chi connectivity index (χ4v) is 1.92. The molecule has 19 heavy (non-hydrogen) atoms. The Labute approximate surface area is 100.0 Å². The summed E-state index contributed by atoms with van der Waals surface area (Å²) in [6.45, 7) is 0. The van der Waals surface area contributed by atoms with Gasteiger partial charge in [0.1, 0.15) is 0 Å². The van der Waals surface area contributed by atoms with E-state index in [0.29, 0.717) is 0 Å². The average Bonchev–Trinajstić information content (AvgIpc) is 2.28. The Morgan fingerprint density at radius 2 is 1.37 bits per heavy atom. The van der Waals surface area contributed by atoms with Gasteiger partial charge in [0.2, 0.25) is 0 Å². The van der Waals surface area contributed by atoms with Crippen LogP contribution >= 0.6 is 0 Å². The lowest BCUT2D eigenvalue weighted by Gasteiger charge is -2.40. The lowest BCUT2D eigenvalue weighted by atomic mass is 9.75. The second-order valence-electron chi connectivity index (χ2n) is 3.89. The van der Waals surface area contributed by atoms with Crippen molar-refractivity contribution in [3.8, 4) is 0 Å². The Morgan fingerprint density at radius 3 is 1.84 bits per heavy atom. The van der Waals surface area contributed by atoms with Crippen LogP contribution in [0.3, 0.4) is 0 Å². The number of aliphatic carboxylic acids is 1. The first-order valence-corrected chi connectivity index (χ1v) is 4.71. The standard InChI is InChI=1S/C10H3F7O2/c11-6-2(1-3(18)19)4-5(7(12)8(6)13)10(16,17)9(4,14)15/h1H2,(H,18,19). The summed E-state index contributed by atoms with van der Waals surface area (Å²) in [6.07, 6.45) is -1.46. The lowest BCUT2D eigenvalue weighted by Crippen LogP contribution is -2.49. The molecule has 1 aromatic rings. The van der Waals surface area contributed by atoms with E-state index in [1.807, 2.05) is 0 Å². The molecule has 0 saturated heterocycles. The molecule has 1 aliphatic rings. The van der Waals surface area contributed by atoms with Crippen LogP contribution in [0, 0.1) is 17.5 Å². The second-order valence-corrected chi connectivity index (χ2v) is 3.89. The molecule has 0 spiro atoms. The number of fused-ring (bicyclic) bond motifs is 1. The van der Waals surface area contributed by atoms with Gasteiger partial charge in [0.05, 0.1) is 12.0 Å². The molecule has 1 aromatic carbocycles. The molecule has 0 aliphatic heterocycles. The molecule has 0 aromatic heterocycles. The summed E-state index contributed by atoms with van der Waals surface area (Å²) >= 11 is 0. The Hall–Kier alpha value is -1.80. The van der Waals surface area contributed by atoms with Gasteiger partial charge >= 0.3 is 17.8 Å². The fraction of sp³-hybridized carbons (Fsp3) is 0.300. The number of carbonyl (C=O) groups is 1. The van der Waals surface area contributed by atoms with Gasteiger partial charge in [-0.05, 0) is 0 Å². The van der Waals surface area contributed by atoms with Crippen LogP contribution in [0.5, 0.6) is 0 Å². The van der Waals surface area contributed by atoms with Gasteiger partial charge in [0, 0.05) is 11.1 Å². The van der Waals surface area contributed by atoms with Crippen molar-refractivity contribution in [3.63, 3.8) is 0 Å². The predicted octanol–water partition coefficient (Wildman–Crippen LogP) is 2.93. The summed E-state index contributed by atoms with van der Waals surface area (Å²) in [5, 5.41) is 8.38. The zero-order chi connectivity index (χ0) is 14.7. The number of benzene rings is 1. The van der Waals surface area contributed by atoms with Crippen LogP contribution < -0.4 is 0 Å². The largest absolute Gasteiger partial charge is 0.481 e. The minimum Gasteiger partial charge on any atom is -0.481 e. The van der Waals surface area contributed by atoms with Crippen LogP contribution in [-0.2, 0) is 23.1 Å². The molecule has 104 valence electrons. The van der Waals surface area contributed by atoms with Gasteiger partial charge in [-0.2, -0.15) is 17.6 Å². The number of carboxylic acid groups (broad SMARTS) is 1. The van der Waals surface area contributed by atoms with Crippen LogP contribution in [0.2, 0.25) is 0 Å². The van der Waals surface area contributed by atoms with Gasteiger partial charge in [0.15, 0.2) is 17.5 Å². The number of carboxylic acids is 1. The Balaban J connectivity index is 2.82. The molecule has 2 rings (SSSR count). The van der Waals surface area contributed by atoms with Crippen molar-refractivity contribution in [2.45, 2.75) is 18.3 Å². The van der Waals surface area contributed by atoms with Gasteiger partial charge in [-0.25, -0.2) is 13.2 Å². The van der Waals surface area contributed by atoms with Crippen molar-refractivity contribution in [1.82, 2.24) is 0 Å². The average molecular weight is 288 g/mol. The summed E-state index contributed by atoms with van der Waals surface area (Å²) < 4.78 is 91.5. The molecule has 0 saturated carbocycles. The molecule has 0 radical (unpaired) electrons. The smallest absolute Gasteiger partial charge is 0.343 e. The number of hydrogen-bond acceptors (Lipinski definition) is 1. The maximum atomic E-state index is 13.2. The van der Waals surface area contributed by atoms with Crippen LogP contribution in [0.4, 0.5) is 30.7 Å². The van der Waals surface area contributed by atoms with Crippen molar-refractivity contribution in [2.24, 2.45) is 0 Å². The van der Waals surface area contributed by atoms with Gasteiger partial charge in [-0.1, -0.05) is 0 Å². The monoisotopic (exact) mass is 288 g/mol. The first kappa shape index (κ1) is 13.6. The van der Waals surface area contributed by atoms with E-state index in [-0.39, 0.29) is 0 Å². The summed E-state index contributed by atoms with van der Waals surface area (Å²) in [5.74, 6) is -18.8. The van der Waals surface area contributed by atoms with E-state index in [1.165, 1.54) is 0 Å². The van der Waals surface area contributed by atoms with Crippen molar-refractivity contribution >= 4 is 5.97 Å². The van der Waals surface area contributed by atoms with Gasteiger partial charge in [-0.3, -0.25) is 4.79 Å². The minimum atomic E-state index is -5.01. The third-order valence-electron chi connectivity index (χ3n) is 2.77. The van der Waals surface area contributed by atoms with Crippen molar-refractivity contribution in [1.29, 1.82) is 0 Å². The van der Waals surface area contributed by atoms with Crippen LogP contribution in [0.1, 0.15) is 16.7 Å². The molecular formula is C10H3F7O2. The highest BCUT2D eigenvalue weighted by atomic mass is 19.3. The van der Waals surface area contributed by atoms with Crippen LogP contribution in [0.15, 0.2) is 0 Å². The molecule has 2 nitrogen and oxygen atoms in total. The first-order valence-electron chi connectivity index (χ1n) is 4.71.